The van der Waals surface area contributed by atoms with E-state index in [0.29, 0.717) is 9.75 Å². The fourth-order valence-electron chi connectivity index (χ4n) is 1.83. The van der Waals surface area contributed by atoms with E-state index in [-0.39, 0.29) is 23.0 Å². The van der Waals surface area contributed by atoms with Gasteiger partial charge in [0.25, 0.3) is 0 Å². The van der Waals surface area contributed by atoms with Crippen LogP contribution >= 0.6 is 22.7 Å². The number of thiophene rings is 2. The van der Waals surface area contributed by atoms with E-state index in [1.807, 2.05) is 25.3 Å². The molecule has 3 rings (SSSR count). The Labute approximate surface area is 128 Å². The van der Waals surface area contributed by atoms with Crippen LogP contribution in [0.1, 0.15) is 41.2 Å². The highest BCUT2D eigenvalue weighted by molar-refractivity contribution is 7.14. The predicted molar refractivity (Wildman–Crippen MR) is 79.3 cm³/mol. The van der Waals surface area contributed by atoms with E-state index >= 15 is 0 Å². The van der Waals surface area contributed by atoms with Gasteiger partial charge in [0.05, 0.1) is 9.75 Å². The molecular weight excluding hydrogens is 308 g/mol. The van der Waals surface area contributed by atoms with Gasteiger partial charge in [-0.2, -0.15) is 0 Å². The average Bonchev–Trinajstić information content (AvgIpc) is 3.17. The van der Waals surface area contributed by atoms with E-state index in [0.717, 1.165) is 10.4 Å². The SMILES string of the molecule is Cc1csc(C(=O)c2nonc2C(=O)c2ccc(C)s2)c1. The molecule has 3 heterocycles. The van der Waals surface area contributed by atoms with Crippen molar-refractivity contribution in [3.63, 3.8) is 0 Å². The summed E-state index contributed by atoms with van der Waals surface area (Å²) in [5, 5.41) is 9.09. The first-order valence-electron chi connectivity index (χ1n) is 6.10. The molecule has 0 aromatic carbocycles. The summed E-state index contributed by atoms with van der Waals surface area (Å²) in [4.78, 5) is 26.8. The minimum absolute atomic E-state index is 0.0343. The van der Waals surface area contributed by atoms with Gasteiger partial charge in [-0.3, -0.25) is 9.59 Å². The lowest BCUT2D eigenvalue weighted by atomic mass is 10.1. The zero-order valence-corrected chi connectivity index (χ0v) is 12.9. The largest absolute Gasteiger partial charge is 0.286 e. The second kappa shape index (κ2) is 5.34. The smallest absolute Gasteiger partial charge is 0.227 e. The van der Waals surface area contributed by atoms with Crippen LogP contribution in [0.4, 0.5) is 0 Å². The Morgan fingerprint density at radius 3 is 2.24 bits per heavy atom. The number of hydrogen-bond donors (Lipinski definition) is 0. The van der Waals surface area contributed by atoms with Gasteiger partial charge in [0.1, 0.15) is 0 Å². The zero-order valence-electron chi connectivity index (χ0n) is 11.2. The summed E-state index contributed by atoms with van der Waals surface area (Å²) in [6.07, 6.45) is 0. The van der Waals surface area contributed by atoms with Gasteiger partial charge in [0.2, 0.25) is 11.6 Å². The monoisotopic (exact) mass is 318 g/mol. The van der Waals surface area contributed by atoms with E-state index in [2.05, 4.69) is 14.9 Å². The van der Waals surface area contributed by atoms with Crippen molar-refractivity contribution in [3.05, 3.63) is 55.2 Å². The van der Waals surface area contributed by atoms with E-state index in [4.69, 9.17) is 0 Å². The van der Waals surface area contributed by atoms with Crippen LogP contribution in [0, 0.1) is 13.8 Å². The van der Waals surface area contributed by atoms with Crippen LogP contribution in [0.5, 0.6) is 0 Å². The van der Waals surface area contributed by atoms with E-state index in [1.165, 1.54) is 22.7 Å². The van der Waals surface area contributed by atoms with Gasteiger partial charge in [-0.1, -0.05) is 0 Å². The summed E-state index contributed by atoms with van der Waals surface area (Å²) >= 11 is 2.66. The molecule has 0 aliphatic carbocycles. The van der Waals surface area contributed by atoms with Gasteiger partial charge in [-0.25, -0.2) is 4.63 Å². The van der Waals surface area contributed by atoms with Crippen LogP contribution in [0.15, 0.2) is 28.2 Å². The van der Waals surface area contributed by atoms with Gasteiger partial charge < -0.3 is 0 Å². The number of rotatable bonds is 4. The molecule has 3 aromatic heterocycles. The van der Waals surface area contributed by atoms with Crippen molar-refractivity contribution in [3.8, 4) is 0 Å². The van der Waals surface area contributed by atoms with E-state index < -0.39 is 0 Å². The van der Waals surface area contributed by atoms with E-state index in [1.54, 1.807) is 12.1 Å². The van der Waals surface area contributed by atoms with Crippen molar-refractivity contribution >= 4 is 34.2 Å². The number of nitrogens with zero attached hydrogens (tertiary/aromatic N) is 2. The molecule has 0 radical (unpaired) electrons. The normalized spacial score (nSPS) is 10.8. The first kappa shape index (κ1) is 13.8. The molecule has 0 bridgehead atoms. The predicted octanol–water partition coefficient (Wildman–Crippen LogP) is 3.27. The van der Waals surface area contributed by atoms with Crippen molar-refractivity contribution in [1.82, 2.24) is 10.3 Å². The maximum Gasteiger partial charge on any atom is 0.227 e. The molecule has 0 atom stereocenters. The number of aromatic nitrogens is 2. The molecule has 0 N–H and O–H groups in total. The molecule has 0 aliphatic heterocycles. The van der Waals surface area contributed by atoms with Crippen LogP contribution in [-0.4, -0.2) is 21.9 Å². The van der Waals surface area contributed by atoms with Crippen molar-refractivity contribution in [2.75, 3.05) is 0 Å². The lowest BCUT2D eigenvalue weighted by Crippen LogP contribution is -2.09. The number of carbonyl (C=O) groups excluding carboxylic acids is 2. The Hall–Kier alpha value is -2.12. The van der Waals surface area contributed by atoms with Gasteiger partial charge in [-0.15, -0.1) is 22.7 Å². The summed E-state index contributed by atoms with van der Waals surface area (Å²) in [5.41, 5.74) is 0.919. The van der Waals surface area contributed by atoms with Crippen LogP contribution < -0.4 is 0 Å². The number of hydrogen-bond acceptors (Lipinski definition) is 7. The zero-order chi connectivity index (χ0) is 15.0. The van der Waals surface area contributed by atoms with E-state index in [9.17, 15) is 9.59 Å². The summed E-state index contributed by atoms with van der Waals surface area (Å²) < 4.78 is 4.61. The summed E-state index contributed by atoms with van der Waals surface area (Å²) in [5.74, 6) is -0.683. The number of carbonyl (C=O) groups is 2. The molecule has 0 saturated carbocycles. The molecule has 5 nitrogen and oxygen atoms in total. The van der Waals surface area contributed by atoms with Gasteiger partial charge in [-0.05, 0) is 53.3 Å². The Morgan fingerprint density at radius 2 is 1.71 bits per heavy atom. The van der Waals surface area contributed by atoms with Gasteiger partial charge in [0, 0.05) is 4.88 Å². The molecule has 106 valence electrons. The third kappa shape index (κ3) is 2.57. The molecule has 0 saturated heterocycles. The summed E-state index contributed by atoms with van der Waals surface area (Å²) in [7, 11) is 0. The standard InChI is InChI=1S/C14H10N2O3S2/c1-7-5-10(20-6-7)14(18)12-11(15-19-16-12)13(17)9-4-3-8(2)21-9/h3-6H,1-2H3. The molecule has 3 aromatic rings. The van der Waals surface area contributed by atoms with Crippen LogP contribution in [-0.2, 0) is 0 Å². The molecule has 0 amide bonds. The van der Waals surface area contributed by atoms with Gasteiger partial charge >= 0.3 is 0 Å². The number of ketones is 2. The molecule has 0 spiro atoms. The summed E-state index contributed by atoms with van der Waals surface area (Å²) in [6, 6.07) is 5.31. The van der Waals surface area contributed by atoms with Crippen LogP contribution in [0.25, 0.3) is 0 Å². The van der Waals surface area contributed by atoms with Crippen LogP contribution in [0.3, 0.4) is 0 Å². The quantitative estimate of drug-likeness (QED) is 0.690. The van der Waals surface area contributed by atoms with Gasteiger partial charge in [0.15, 0.2) is 11.4 Å². The molecule has 7 heteroatoms. The Bertz CT molecular complexity index is 762. The number of aryl methyl sites for hydroxylation is 2. The maximum absolute atomic E-state index is 12.4. The highest BCUT2D eigenvalue weighted by Crippen LogP contribution is 2.23. The summed E-state index contributed by atoms with van der Waals surface area (Å²) in [6.45, 7) is 3.80. The molecular formula is C14H10N2O3S2. The first-order chi connectivity index (χ1) is 10.1. The average molecular weight is 318 g/mol. The second-order valence-electron chi connectivity index (χ2n) is 4.52. The Morgan fingerprint density at radius 1 is 1.05 bits per heavy atom. The molecule has 21 heavy (non-hydrogen) atoms. The highest BCUT2D eigenvalue weighted by atomic mass is 32.1. The third-order valence-corrected chi connectivity index (χ3v) is 4.88. The Balaban J connectivity index is 1.97. The lowest BCUT2D eigenvalue weighted by Gasteiger charge is -1.95. The lowest BCUT2D eigenvalue weighted by molar-refractivity contribution is 0.100. The Kier molecular flexibility index (Phi) is 3.52. The molecule has 0 fully saturated rings. The van der Waals surface area contributed by atoms with Crippen molar-refractivity contribution in [2.45, 2.75) is 13.8 Å². The highest BCUT2D eigenvalue weighted by Gasteiger charge is 2.27. The minimum Gasteiger partial charge on any atom is -0.286 e. The fourth-order valence-corrected chi connectivity index (χ4v) is 3.47. The first-order valence-corrected chi connectivity index (χ1v) is 7.79. The molecule has 0 unspecified atom stereocenters. The topological polar surface area (TPSA) is 73.1 Å². The molecule has 0 aliphatic rings. The minimum atomic E-state index is -0.342. The second-order valence-corrected chi connectivity index (χ2v) is 6.72. The van der Waals surface area contributed by atoms with Crippen LogP contribution in [0.2, 0.25) is 0 Å². The fraction of sp³-hybridized carbons (Fsp3) is 0.143. The maximum atomic E-state index is 12.4. The van der Waals surface area contributed by atoms with Crippen molar-refractivity contribution in [1.29, 1.82) is 0 Å². The van der Waals surface area contributed by atoms with Crippen molar-refractivity contribution < 1.29 is 14.2 Å². The van der Waals surface area contributed by atoms with Crippen molar-refractivity contribution in [2.24, 2.45) is 0 Å². The third-order valence-electron chi connectivity index (χ3n) is 2.84.